The highest BCUT2D eigenvalue weighted by molar-refractivity contribution is 6.30. The van der Waals surface area contributed by atoms with E-state index in [2.05, 4.69) is 20.3 Å². The lowest BCUT2D eigenvalue weighted by Gasteiger charge is -2.32. The summed E-state index contributed by atoms with van der Waals surface area (Å²) in [6, 6.07) is 5.26. The van der Waals surface area contributed by atoms with Gasteiger partial charge in [-0.15, -0.1) is 0 Å². The van der Waals surface area contributed by atoms with Crippen molar-refractivity contribution in [1.82, 2.24) is 19.7 Å². The Labute approximate surface area is 139 Å². The number of aromatic nitrogens is 3. The lowest BCUT2D eigenvalue weighted by atomic mass is 10.2. The zero-order valence-electron chi connectivity index (χ0n) is 12.6. The van der Waals surface area contributed by atoms with Gasteiger partial charge in [0.15, 0.2) is 0 Å². The number of ether oxygens (including phenoxy) is 1. The van der Waals surface area contributed by atoms with Gasteiger partial charge in [0.2, 0.25) is 5.91 Å². The molecule has 0 spiro atoms. The molecule has 122 valence electrons. The molecule has 23 heavy (non-hydrogen) atoms. The van der Waals surface area contributed by atoms with Crippen LogP contribution >= 0.6 is 11.6 Å². The summed E-state index contributed by atoms with van der Waals surface area (Å²) >= 11 is 5.77. The van der Waals surface area contributed by atoms with Crippen LogP contribution in [-0.2, 0) is 16.1 Å². The Kier molecular flexibility index (Phi) is 5.22. The van der Waals surface area contributed by atoms with Gasteiger partial charge in [-0.05, 0) is 18.2 Å². The highest BCUT2D eigenvalue weighted by Gasteiger charge is 2.22. The first-order valence-electron chi connectivity index (χ1n) is 7.42. The first-order chi connectivity index (χ1) is 11.2. The molecule has 0 unspecified atom stereocenters. The van der Waals surface area contributed by atoms with Crippen LogP contribution in [0.2, 0.25) is 5.02 Å². The first-order valence-corrected chi connectivity index (χ1v) is 7.79. The lowest BCUT2D eigenvalue weighted by Crippen LogP contribution is -2.47. The smallest absolute Gasteiger partial charge is 0.239 e. The number of anilines is 1. The van der Waals surface area contributed by atoms with E-state index in [0.717, 1.165) is 6.54 Å². The Morgan fingerprint density at radius 3 is 3.13 bits per heavy atom. The molecule has 1 amide bonds. The number of carbonyl (C=O) groups excluding carboxylic acids is 1. The van der Waals surface area contributed by atoms with Gasteiger partial charge < -0.3 is 10.1 Å². The van der Waals surface area contributed by atoms with Crippen molar-refractivity contribution >= 4 is 23.3 Å². The molecule has 0 saturated carbocycles. The van der Waals surface area contributed by atoms with Gasteiger partial charge in [-0.2, -0.15) is 5.10 Å². The number of morpholine rings is 1. The third kappa shape index (κ3) is 4.75. The molecule has 8 heteroatoms. The van der Waals surface area contributed by atoms with Gasteiger partial charge in [-0.25, -0.2) is 4.98 Å². The van der Waals surface area contributed by atoms with Crippen LogP contribution in [0.4, 0.5) is 5.82 Å². The SMILES string of the molecule is O=C(CN1CCO[C@@H](Cn2cccn2)C1)Nc1ccc(Cl)cn1. The molecule has 2 aromatic heterocycles. The van der Waals surface area contributed by atoms with Crippen LogP contribution in [-0.4, -0.2) is 57.9 Å². The summed E-state index contributed by atoms with van der Waals surface area (Å²) in [5.74, 6) is 0.403. The fourth-order valence-corrected chi connectivity index (χ4v) is 2.60. The normalized spacial score (nSPS) is 18.7. The molecule has 1 aliphatic heterocycles. The minimum atomic E-state index is -0.0976. The number of pyridine rings is 1. The van der Waals surface area contributed by atoms with Gasteiger partial charge in [0, 0.05) is 31.7 Å². The van der Waals surface area contributed by atoms with Crippen molar-refractivity contribution in [1.29, 1.82) is 0 Å². The van der Waals surface area contributed by atoms with Gasteiger partial charge in [0.05, 0.1) is 30.8 Å². The van der Waals surface area contributed by atoms with Crippen LogP contribution in [0.3, 0.4) is 0 Å². The molecule has 0 aromatic carbocycles. The van der Waals surface area contributed by atoms with E-state index in [1.165, 1.54) is 6.20 Å². The van der Waals surface area contributed by atoms with Crippen molar-refractivity contribution < 1.29 is 9.53 Å². The zero-order valence-corrected chi connectivity index (χ0v) is 13.3. The quantitative estimate of drug-likeness (QED) is 0.891. The first kappa shape index (κ1) is 15.9. The summed E-state index contributed by atoms with van der Waals surface area (Å²) in [6.07, 6.45) is 5.19. The maximum absolute atomic E-state index is 12.1. The molecule has 2 aromatic rings. The van der Waals surface area contributed by atoms with E-state index in [4.69, 9.17) is 16.3 Å². The Balaban J connectivity index is 1.48. The van der Waals surface area contributed by atoms with Crippen molar-refractivity contribution in [3.8, 4) is 0 Å². The molecule has 7 nitrogen and oxygen atoms in total. The average Bonchev–Trinajstić information content (AvgIpc) is 3.03. The topological polar surface area (TPSA) is 72.3 Å². The van der Waals surface area contributed by atoms with Crippen LogP contribution in [0.25, 0.3) is 0 Å². The van der Waals surface area contributed by atoms with E-state index >= 15 is 0 Å². The van der Waals surface area contributed by atoms with E-state index in [1.54, 1.807) is 18.3 Å². The summed E-state index contributed by atoms with van der Waals surface area (Å²) in [5.41, 5.74) is 0. The second kappa shape index (κ2) is 7.54. The van der Waals surface area contributed by atoms with E-state index in [-0.39, 0.29) is 12.0 Å². The van der Waals surface area contributed by atoms with Crippen LogP contribution in [0.5, 0.6) is 0 Å². The molecular formula is C15H18ClN5O2. The molecule has 0 radical (unpaired) electrons. The molecule has 1 N–H and O–H groups in total. The van der Waals surface area contributed by atoms with E-state index in [1.807, 2.05) is 16.9 Å². The Morgan fingerprint density at radius 1 is 1.48 bits per heavy atom. The monoisotopic (exact) mass is 335 g/mol. The fraction of sp³-hybridized carbons (Fsp3) is 0.400. The van der Waals surface area contributed by atoms with E-state index in [9.17, 15) is 4.79 Å². The van der Waals surface area contributed by atoms with Crippen LogP contribution in [0.15, 0.2) is 36.8 Å². The number of hydrogen-bond acceptors (Lipinski definition) is 5. The van der Waals surface area contributed by atoms with Crippen LogP contribution < -0.4 is 5.32 Å². The van der Waals surface area contributed by atoms with Crippen LogP contribution in [0.1, 0.15) is 0 Å². The summed E-state index contributed by atoms with van der Waals surface area (Å²) < 4.78 is 7.57. The number of rotatable bonds is 5. The maximum Gasteiger partial charge on any atom is 0.239 e. The third-order valence-corrected chi connectivity index (χ3v) is 3.76. The maximum atomic E-state index is 12.1. The molecule has 0 bridgehead atoms. The molecule has 0 aliphatic carbocycles. The lowest BCUT2D eigenvalue weighted by molar-refractivity contribution is -0.119. The van der Waals surface area contributed by atoms with Gasteiger partial charge >= 0.3 is 0 Å². The molecule has 1 aliphatic rings. The number of nitrogens with one attached hydrogen (secondary N) is 1. The zero-order chi connectivity index (χ0) is 16.1. The number of hydrogen-bond donors (Lipinski definition) is 1. The second-order valence-corrected chi connectivity index (χ2v) is 5.80. The number of carbonyl (C=O) groups is 1. The van der Waals surface area contributed by atoms with Crippen molar-refractivity contribution in [2.45, 2.75) is 12.6 Å². The van der Waals surface area contributed by atoms with Crippen molar-refractivity contribution in [2.24, 2.45) is 0 Å². The minimum Gasteiger partial charge on any atom is -0.374 e. The standard InChI is InChI=1S/C15H18ClN5O2/c16-12-2-3-14(17-8-12)19-15(22)11-20-6-7-23-13(9-20)10-21-5-1-4-18-21/h1-5,8,13H,6-7,9-11H2,(H,17,19,22)/t13-/m1/s1. The number of nitrogens with zero attached hydrogens (tertiary/aromatic N) is 4. The van der Waals surface area contributed by atoms with Crippen molar-refractivity contribution in [3.63, 3.8) is 0 Å². The highest BCUT2D eigenvalue weighted by atomic mass is 35.5. The predicted octanol–water partition coefficient (Wildman–Crippen LogP) is 1.27. The Hall–Kier alpha value is -1.96. The second-order valence-electron chi connectivity index (χ2n) is 5.37. The Morgan fingerprint density at radius 2 is 2.39 bits per heavy atom. The molecule has 1 atom stereocenters. The summed E-state index contributed by atoms with van der Waals surface area (Å²) in [7, 11) is 0. The number of halogens is 1. The molecule has 3 rings (SSSR count). The van der Waals surface area contributed by atoms with Gasteiger partial charge in [0.1, 0.15) is 5.82 Å². The third-order valence-electron chi connectivity index (χ3n) is 3.53. The summed E-state index contributed by atoms with van der Waals surface area (Å²) in [6.45, 7) is 3.03. The molecule has 1 saturated heterocycles. The summed E-state index contributed by atoms with van der Waals surface area (Å²) in [4.78, 5) is 18.2. The van der Waals surface area contributed by atoms with Crippen molar-refractivity contribution in [2.75, 3.05) is 31.6 Å². The van der Waals surface area contributed by atoms with Crippen molar-refractivity contribution in [3.05, 3.63) is 41.8 Å². The van der Waals surface area contributed by atoms with E-state index < -0.39 is 0 Å². The predicted molar refractivity (Wildman–Crippen MR) is 86.3 cm³/mol. The van der Waals surface area contributed by atoms with Gasteiger partial charge in [-0.3, -0.25) is 14.4 Å². The Bertz CT molecular complexity index is 632. The number of amides is 1. The highest BCUT2D eigenvalue weighted by Crippen LogP contribution is 2.10. The fourth-order valence-electron chi connectivity index (χ4n) is 2.49. The van der Waals surface area contributed by atoms with Gasteiger partial charge in [0.25, 0.3) is 0 Å². The molecular weight excluding hydrogens is 318 g/mol. The molecule has 1 fully saturated rings. The summed E-state index contributed by atoms with van der Waals surface area (Å²) in [5, 5.41) is 7.49. The van der Waals surface area contributed by atoms with Crippen LogP contribution in [0, 0.1) is 0 Å². The van der Waals surface area contributed by atoms with Gasteiger partial charge in [-0.1, -0.05) is 11.6 Å². The van der Waals surface area contributed by atoms with E-state index in [0.29, 0.717) is 37.1 Å². The largest absolute Gasteiger partial charge is 0.374 e. The molecule has 3 heterocycles. The average molecular weight is 336 g/mol. The minimum absolute atomic E-state index is 0.0325.